The van der Waals surface area contributed by atoms with Crippen molar-refractivity contribution in [2.45, 2.75) is 39.1 Å². The molecule has 1 rings (SSSR count). The Kier molecular flexibility index (Phi) is 3.82. The molecule has 0 aliphatic carbocycles. The van der Waals surface area contributed by atoms with Crippen molar-refractivity contribution in [2.75, 3.05) is 13.2 Å². The standard InChI is InChI=1S/C10H16O5/c1-4-13-9(12)5-7(11)8-6-14-10(2,3)15-8/h8H,4-6H2,1-3H3/t8-/m1/s1. The molecule has 1 fully saturated rings. The van der Waals surface area contributed by atoms with Gasteiger partial charge >= 0.3 is 5.97 Å². The van der Waals surface area contributed by atoms with E-state index in [9.17, 15) is 9.59 Å². The van der Waals surface area contributed by atoms with Gasteiger partial charge in [-0.15, -0.1) is 0 Å². The maximum Gasteiger partial charge on any atom is 0.313 e. The first kappa shape index (κ1) is 12.1. The van der Waals surface area contributed by atoms with E-state index in [0.717, 1.165) is 0 Å². The molecule has 1 aliphatic heterocycles. The molecular formula is C10H16O5. The Hall–Kier alpha value is -0.940. The van der Waals surface area contributed by atoms with Crippen LogP contribution in [0.5, 0.6) is 0 Å². The molecule has 1 saturated heterocycles. The molecule has 0 aromatic carbocycles. The minimum absolute atomic E-state index is 0.200. The van der Waals surface area contributed by atoms with E-state index in [-0.39, 0.29) is 25.4 Å². The smallest absolute Gasteiger partial charge is 0.313 e. The van der Waals surface area contributed by atoms with Crippen LogP contribution in [0.1, 0.15) is 27.2 Å². The zero-order valence-electron chi connectivity index (χ0n) is 9.24. The molecule has 1 aliphatic rings. The van der Waals surface area contributed by atoms with Crippen molar-refractivity contribution < 1.29 is 23.8 Å². The van der Waals surface area contributed by atoms with Gasteiger partial charge in [0, 0.05) is 0 Å². The fourth-order valence-corrected chi connectivity index (χ4v) is 1.31. The lowest BCUT2D eigenvalue weighted by molar-refractivity contribution is -0.157. The lowest BCUT2D eigenvalue weighted by Crippen LogP contribution is -2.28. The molecule has 0 spiro atoms. The van der Waals surface area contributed by atoms with Gasteiger partial charge in [-0.1, -0.05) is 0 Å². The average Bonchev–Trinajstić information content (AvgIpc) is 2.46. The van der Waals surface area contributed by atoms with Crippen LogP contribution < -0.4 is 0 Å². The van der Waals surface area contributed by atoms with Crippen molar-refractivity contribution in [3.8, 4) is 0 Å². The van der Waals surface area contributed by atoms with Crippen LogP contribution in [0.3, 0.4) is 0 Å². The van der Waals surface area contributed by atoms with Crippen LogP contribution in [0.4, 0.5) is 0 Å². The van der Waals surface area contributed by atoms with E-state index in [1.807, 2.05) is 0 Å². The highest BCUT2D eigenvalue weighted by Gasteiger charge is 2.37. The zero-order valence-corrected chi connectivity index (χ0v) is 9.24. The summed E-state index contributed by atoms with van der Waals surface area (Å²) in [6.07, 6.45) is -0.901. The Morgan fingerprint density at radius 1 is 1.47 bits per heavy atom. The highest BCUT2D eigenvalue weighted by atomic mass is 16.7. The molecule has 0 aromatic heterocycles. The van der Waals surface area contributed by atoms with Crippen molar-refractivity contribution >= 4 is 11.8 Å². The number of carbonyl (C=O) groups is 2. The number of hydrogen-bond donors (Lipinski definition) is 0. The third-order valence-corrected chi connectivity index (χ3v) is 1.99. The highest BCUT2D eigenvalue weighted by Crippen LogP contribution is 2.23. The molecule has 5 heteroatoms. The molecule has 0 amide bonds. The van der Waals surface area contributed by atoms with Crippen LogP contribution >= 0.6 is 0 Å². The highest BCUT2D eigenvalue weighted by molar-refractivity contribution is 5.98. The number of ketones is 1. The summed E-state index contributed by atoms with van der Waals surface area (Å²) < 4.78 is 15.2. The lowest BCUT2D eigenvalue weighted by Gasteiger charge is -2.16. The number of carbonyl (C=O) groups excluding carboxylic acids is 2. The third-order valence-electron chi connectivity index (χ3n) is 1.99. The van der Waals surface area contributed by atoms with Crippen LogP contribution in [0, 0.1) is 0 Å². The van der Waals surface area contributed by atoms with Crippen LogP contribution in [-0.2, 0) is 23.8 Å². The van der Waals surface area contributed by atoms with E-state index in [0.29, 0.717) is 0 Å². The quantitative estimate of drug-likeness (QED) is 0.510. The van der Waals surface area contributed by atoms with Crippen molar-refractivity contribution in [3.05, 3.63) is 0 Å². The predicted molar refractivity (Wildman–Crippen MR) is 51.2 cm³/mol. The van der Waals surface area contributed by atoms with E-state index < -0.39 is 17.9 Å². The van der Waals surface area contributed by atoms with Gasteiger partial charge in [-0.2, -0.15) is 0 Å². The molecule has 1 heterocycles. The number of esters is 1. The number of rotatable bonds is 4. The van der Waals surface area contributed by atoms with Crippen molar-refractivity contribution in [2.24, 2.45) is 0 Å². The first-order valence-corrected chi connectivity index (χ1v) is 4.94. The first-order valence-electron chi connectivity index (χ1n) is 4.94. The Labute approximate surface area is 88.7 Å². The van der Waals surface area contributed by atoms with Gasteiger partial charge in [0.25, 0.3) is 0 Å². The monoisotopic (exact) mass is 216 g/mol. The van der Waals surface area contributed by atoms with Gasteiger partial charge in [0.2, 0.25) is 0 Å². The van der Waals surface area contributed by atoms with Crippen molar-refractivity contribution in [1.29, 1.82) is 0 Å². The van der Waals surface area contributed by atoms with Crippen molar-refractivity contribution in [1.82, 2.24) is 0 Å². The Balaban J connectivity index is 2.39. The van der Waals surface area contributed by atoms with Crippen molar-refractivity contribution in [3.63, 3.8) is 0 Å². The second-order valence-electron chi connectivity index (χ2n) is 3.77. The summed E-state index contributed by atoms with van der Waals surface area (Å²) in [5, 5.41) is 0. The van der Waals surface area contributed by atoms with Crippen LogP contribution in [0.25, 0.3) is 0 Å². The van der Waals surface area contributed by atoms with Crippen LogP contribution in [0.15, 0.2) is 0 Å². The van der Waals surface area contributed by atoms with Gasteiger partial charge in [-0.25, -0.2) is 0 Å². The molecule has 0 aromatic rings. The summed E-state index contributed by atoms with van der Waals surface area (Å²) >= 11 is 0. The molecular weight excluding hydrogens is 200 g/mol. The Morgan fingerprint density at radius 3 is 2.60 bits per heavy atom. The topological polar surface area (TPSA) is 61.8 Å². The molecule has 86 valence electrons. The van der Waals surface area contributed by atoms with Crippen LogP contribution in [0.2, 0.25) is 0 Å². The average molecular weight is 216 g/mol. The number of hydrogen-bond acceptors (Lipinski definition) is 5. The summed E-state index contributed by atoms with van der Waals surface area (Å²) in [4.78, 5) is 22.5. The lowest BCUT2D eigenvalue weighted by atomic mass is 10.2. The van der Waals surface area contributed by atoms with Gasteiger partial charge < -0.3 is 14.2 Å². The Bertz CT molecular complexity index is 259. The SMILES string of the molecule is CCOC(=O)CC(=O)[C@H]1COC(C)(C)O1. The number of ether oxygens (including phenoxy) is 3. The summed E-state index contributed by atoms with van der Waals surface area (Å²) in [7, 11) is 0. The summed E-state index contributed by atoms with van der Waals surface area (Å²) in [5.41, 5.74) is 0. The second kappa shape index (κ2) is 4.72. The largest absolute Gasteiger partial charge is 0.466 e. The summed E-state index contributed by atoms with van der Waals surface area (Å²) in [6, 6.07) is 0. The minimum atomic E-state index is -0.741. The van der Waals surface area contributed by atoms with Gasteiger partial charge in [0.1, 0.15) is 12.5 Å². The summed E-state index contributed by atoms with van der Waals surface area (Å²) in [5.74, 6) is -1.55. The van der Waals surface area contributed by atoms with E-state index in [1.165, 1.54) is 0 Å². The maximum absolute atomic E-state index is 11.5. The number of Topliss-reactive ketones (excluding diaryl/α,β-unsaturated/α-hetero) is 1. The second-order valence-corrected chi connectivity index (χ2v) is 3.77. The van der Waals surface area contributed by atoms with Gasteiger partial charge in [0.05, 0.1) is 13.2 Å². The normalized spacial score (nSPS) is 23.8. The molecule has 15 heavy (non-hydrogen) atoms. The molecule has 5 nitrogen and oxygen atoms in total. The first-order chi connectivity index (χ1) is 6.94. The molecule has 0 N–H and O–H groups in total. The van der Waals surface area contributed by atoms with E-state index in [1.54, 1.807) is 20.8 Å². The molecule has 0 unspecified atom stereocenters. The van der Waals surface area contributed by atoms with Gasteiger partial charge in [0.15, 0.2) is 11.6 Å². The maximum atomic E-state index is 11.5. The van der Waals surface area contributed by atoms with Gasteiger partial charge in [-0.05, 0) is 20.8 Å². The van der Waals surface area contributed by atoms with E-state index in [2.05, 4.69) is 4.74 Å². The summed E-state index contributed by atoms with van der Waals surface area (Å²) in [6.45, 7) is 5.63. The fraction of sp³-hybridized carbons (Fsp3) is 0.800. The molecule has 0 radical (unpaired) electrons. The minimum Gasteiger partial charge on any atom is -0.466 e. The zero-order chi connectivity index (χ0) is 11.5. The van der Waals surface area contributed by atoms with Crippen LogP contribution in [-0.4, -0.2) is 36.9 Å². The van der Waals surface area contributed by atoms with E-state index in [4.69, 9.17) is 9.47 Å². The molecule has 0 saturated carbocycles. The third kappa shape index (κ3) is 3.60. The fourth-order valence-electron chi connectivity index (χ4n) is 1.31. The predicted octanol–water partition coefficient (Wildman–Crippen LogP) is 0.660. The van der Waals surface area contributed by atoms with Gasteiger partial charge in [-0.3, -0.25) is 9.59 Å². The molecule has 0 bridgehead atoms. The Morgan fingerprint density at radius 2 is 2.13 bits per heavy atom. The molecule has 1 atom stereocenters. The van der Waals surface area contributed by atoms with E-state index >= 15 is 0 Å².